The van der Waals surface area contributed by atoms with Crippen molar-refractivity contribution in [2.24, 2.45) is 0 Å². The van der Waals surface area contributed by atoms with E-state index in [1.807, 2.05) is 25.1 Å². The molecule has 26 heavy (non-hydrogen) atoms. The van der Waals surface area contributed by atoms with E-state index >= 15 is 0 Å². The van der Waals surface area contributed by atoms with Crippen LogP contribution in [0.3, 0.4) is 0 Å². The van der Waals surface area contributed by atoms with Crippen LogP contribution in [0.2, 0.25) is 0 Å². The van der Waals surface area contributed by atoms with E-state index in [2.05, 4.69) is 21.2 Å². The number of anilines is 1. The molecule has 0 atom stereocenters. The summed E-state index contributed by atoms with van der Waals surface area (Å²) in [5.74, 6) is -0.0296. The topological polar surface area (TPSA) is 66.5 Å². The van der Waals surface area contributed by atoms with E-state index in [0.717, 1.165) is 21.3 Å². The lowest BCUT2D eigenvalue weighted by Crippen LogP contribution is -2.48. The Kier molecular flexibility index (Phi) is 4.21. The highest BCUT2D eigenvalue weighted by molar-refractivity contribution is 9.10. The van der Waals surface area contributed by atoms with Gasteiger partial charge in [0.25, 0.3) is 0 Å². The van der Waals surface area contributed by atoms with Crippen molar-refractivity contribution in [1.29, 1.82) is 0 Å². The molecule has 0 aliphatic carbocycles. The highest BCUT2D eigenvalue weighted by atomic mass is 79.9. The Balaban J connectivity index is 1.60. The Labute approximate surface area is 161 Å². The van der Waals surface area contributed by atoms with Crippen molar-refractivity contribution >= 4 is 37.5 Å². The number of benzene rings is 2. The molecule has 0 bridgehead atoms. The number of nitrogens with one attached hydrogen (secondary N) is 1. The Morgan fingerprint density at radius 2 is 1.73 bits per heavy atom. The Hall–Kier alpha value is -1.70. The molecule has 0 aromatic heterocycles. The third kappa shape index (κ3) is 2.69. The summed E-state index contributed by atoms with van der Waals surface area (Å²) in [4.78, 5) is 13.0. The molecule has 1 N–H and O–H groups in total. The van der Waals surface area contributed by atoms with Crippen molar-refractivity contribution in [2.45, 2.75) is 30.1 Å². The molecule has 0 radical (unpaired) electrons. The van der Waals surface area contributed by atoms with Gasteiger partial charge in [0.15, 0.2) is 0 Å². The maximum atomic E-state index is 12.9. The zero-order valence-corrected chi connectivity index (χ0v) is 16.7. The number of carbonyl (C=O) groups excluding carboxylic acids is 1. The average Bonchev–Trinajstić information content (AvgIpc) is 2.87. The zero-order chi connectivity index (χ0) is 18.5. The lowest BCUT2D eigenvalue weighted by Gasteiger charge is -2.37. The van der Waals surface area contributed by atoms with Gasteiger partial charge >= 0.3 is 0 Å². The summed E-state index contributed by atoms with van der Waals surface area (Å²) in [6, 6.07) is 12.7. The van der Waals surface area contributed by atoms with Gasteiger partial charge in [-0.05, 0) is 49.6 Å². The number of aryl methyl sites for hydroxylation is 1. The van der Waals surface area contributed by atoms with Gasteiger partial charge in [0.05, 0.1) is 10.3 Å². The largest absolute Gasteiger partial charge is 0.325 e. The molecular weight excluding hydrogens is 416 g/mol. The first-order valence-corrected chi connectivity index (χ1v) is 10.7. The fraction of sp³-hybridized carbons (Fsp3) is 0.316. The quantitative estimate of drug-likeness (QED) is 0.786. The van der Waals surface area contributed by atoms with Crippen molar-refractivity contribution in [1.82, 2.24) is 4.31 Å². The lowest BCUT2D eigenvalue weighted by molar-refractivity contribution is -0.122. The molecule has 7 heteroatoms. The predicted octanol–water partition coefficient (Wildman–Crippen LogP) is 3.43. The number of piperidine rings is 1. The standard InChI is InChI=1S/C19H19BrN2O3S/c1-13-2-5-15(6-3-13)26(24,25)22-10-8-19(9-11-22)16-7-4-14(20)12-17(16)21-18(19)23/h2-7,12H,8-11H2,1H3,(H,21,23). The normalized spacial score (nSPS) is 19.4. The van der Waals surface area contributed by atoms with E-state index in [0.29, 0.717) is 30.8 Å². The number of carbonyl (C=O) groups is 1. The van der Waals surface area contributed by atoms with Crippen molar-refractivity contribution in [3.8, 4) is 0 Å². The van der Waals surface area contributed by atoms with Crippen LogP contribution in [0.25, 0.3) is 0 Å². The monoisotopic (exact) mass is 434 g/mol. The number of fused-ring (bicyclic) bond motifs is 2. The molecule has 2 aliphatic heterocycles. The highest BCUT2D eigenvalue weighted by Gasteiger charge is 2.49. The number of sulfonamides is 1. The first kappa shape index (κ1) is 17.7. The summed E-state index contributed by atoms with van der Waals surface area (Å²) < 4.78 is 28.2. The van der Waals surface area contributed by atoms with Crippen molar-refractivity contribution in [3.63, 3.8) is 0 Å². The molecule has 1 amide bonds. The third-order valence-electron chi connectivity index (χ3n) is 5.41. The van der Waals surface area contributed by atoms with Gasteiger partial charge in [0, 0.05) is 23.2 Å². The Bertz CT molecular complexity index is 978. The fourth-order valence-electron chi connectivity index (χ4n) is 3.87. The Morgan fingerprint density at radius 3 is 2.38 bits per heavy atom. The molecule has 2 heterocycles. The molecule has 1 saturated heterocycles. The van der Waals surface area contributed by atoms with Gasteiger partial charge < -0.3 is 5.32 Å². The smallest absolute Gasteiger partial charge is 0.243 e. The molecule has 0 unspecified atom stereocenters. The summed E-state index contributed by atoms with van der Waals surface area (Å²) in [6.45, 7) is 2.59. The van der Waals surface area contributed by atoms with Crippen LogP contribution in [0.4, 0.5) is 5.69 Å². The molecule has 2 aromatic carbocycles. The number of rotatable bonds is 2. The van der Waals surface area contributed by atoms with Gasteiger partial charge in [-0.2, -0.15) is 4.31 Å². The summed E-state index contributed by atoms with van der Waals surface area (Å²) in [5, 5.41) is 2.95. The van der Waals surface area contributed by atoms with Crippen molar-refractivity contribution in [3.05, 3.63) is 58.1 Å². The summed E-state index contributed by atoms with van der Waals surface area (Å²) in [7, 11) is -3.53. The van der Waals surface area contributed by atoms with Gasteiger partial charge in [-0.3, -0.25) is 4.79 Å². The second-order valence-electron chi connectivity index (χ2n) is 6.94. The van der Waals surface area contributed by atoms with E-state index in [9.17, 15) is 13.2 Å². The van der Waals surface area contributed by atoms with Gasteiger partial charge in [-0.15, -0.1) is 0 Å². The fourth-order valence-corrected chi connectivity index (χ4v) is 5.67. The summed E-state index contributed by atoms with van der Waals surface area (Å²) >= 11 is 3.42. The second-order valence-corrected chi connectivity index (χ2v) is 9.80. The number of hydrogen-bond donors (Lipinski definition) is 1. The van der Waals surface area contributed by atoms with Crippen LogP contribution in [-0.2, 0) is 20.2 Å². The van der Waals surface area contributed by atoms with Crippen molar-refractivity contribution < 1.29 is 13.2 Å². The molecule has 1 fully saturated rings. The van der Waals surface area contributed by atoms with Gasteiger partial charge in [0.1, 0.15) is 0 Å². The van der Waals surface area contributed by atoms with E-state index in [4.69, 9.17) is 0 Å². The number of nitrogens with zero attached hydrogens (tertiary/aromatic N) is 1. The SMILES string of the molecule is Cc1ccc(S(=O)(=O)N2CCC3(CC2)C(=O)Nc2cc(Br)ccc23)cc1. The Morgan fingerprint density at radius 1 is 1.08 bits per heavy atom. The van der Waals surface area contributed by atoms with Crippen LogP contribution >= 0.6 is 15.9 Å². The number of halogens is 1. The first-order chi connectivity index (χ1) is 12.3. The lowest BCUT2D eigenvalue weighted by atomic mass is 9.74. The number of amides is 1. The predicted molar refractivity (Wildman–Crippen MR) is 104 cm³/mol. The van der Waals surface area contributed by atoms with Crippen LogP contribution in [0, 0.1) is 6.92 Å². The number of hydrogen-bond acceptors (Lipinski definition) is 3. The highest BCUT2D eigenvalue weighted by Crippen LogP contribution is 2.46. The van der Waals surface area contributed by atoms with E-state index < -0.39 is 15.4 Å². The molecule has 2 aliphatic rings. The van der Waals surface area contributed by atoms with Crippen LogP contribution in [-0.4, -0.2) is 31.7 Å². The van der Waals surface area contributed by atoms with Gasteiger partial charge in [0.2, 0.25) is 15.9 Å². The van der Waals surface area contributed by atoms with Gasteiger partial charge in [-0.25, -0.2) is 8.42 Å². The average molecular weight is 435 g/mol. The van der Waals surface area contributed by atoms with E-state index in [-0.39, 0.29) is 5.91 Å². The molecule has 136 valence electrons. The molecule has 1 spiro atoms. The van der Waals surface area contributed by atoms with Crippen LogP contribution in [0.15, 0.2) is 51.8 Å². The molecular formula is C19H19BrN2O3S. The first-order valence-electron chi connectivity index (χ1n) is 8.51. The molecule has 2 aromatic rings. The minimum Gasteiger partial charge on any atom is -0.325 e. The van der Waals surface area contributed by atoms with Crippen LogP contribution in [0.5, 0.6) is 0 Å². The summed E-state index contributed by atoms with van der Waals surface area (Å²) in [5.41, 5.74) is 2.18. The second kappa shape index (κ2) is 6.18. The zero-order valence-electron chi connectivity index (χ0n) is 14.3. The van der Waals surface area contributed by atoms with E-state index in [1.165, 1.54) is 4.31 Å². The maximum Gasteiger partial charge on any atom is 0.243 e. The van der Waals surface area contributed by atoms with Crippen LogP contribution in [0.1, 0.15) is 24.0 Å². The van der Waals surface area contributed by atoms with E-state index in [1.54, 1.807) is 24.3 Å². The molecule has 4 rings (SSSR count). The van der Waals surface area contributed by atoms with Crippen molar-refractivity contribution in [2.75, 3.05) is 18.4 Å². The van der Waals surface area contributed by atoms with Gasteiger partial charge in [-0.1, -0.05) is 39.7 Å². The minimum atomic E-state index is -3.53. The summed E-state index contributed by atoms with van der Waals surface area (Å²) in [6.07, 6.45) is 0.969. The third-order valence-corrected chi connectivity index (χ3v) is 7.82. The molecule has 5 nitrogen and oxygen atoms in total. The van der Waals surface area contributed by atoms with Crippen LogP contribution < -0.4 is 5.32 Å². The maximum absolute atomic E-state index is 12.9. The minimum absolute atomic E-state index is 0.0296. The molecule has 0 saturated carbocycles.